The maximum atomic E-state index is 12.8. The van der Waals surface area contributed by atoms with Crippen LogP contribution in [0.4, 0.5) is 0 Å². The van der Waals surface area contributed by atoms with Crippen molar-refractivity contribution in [3.05, 3.63) is 40.5 Å². The molecule has 3 heterocycles. The third-order valence-electron chi connectivity index (χ3n) is 4.81. The third kappa shape index (κ3) is 3.66. The molecule has 28 heavy (non-hydrogen) atoms. The molecule has 146 valence electrons. The van der Waals surface area contributed by atoms with Crippen LogP contribution in [0.3, 0.4) is 0 Å². The Morgan fingerprint density at radius 1 is 1.25 bits per heavy atom. The molecule has 0 fully saturated rings. The minimum absolute atomic E-state index is 0.0848. The average Bonchev–Trinajstić information content (AvgIpc) is 3.28. The second kappa shape index (κ2) is 7.97. The molecule has 0 unspecified atom stereocenters. The summed E-state index contributed by atoms with van der Waals surface area (Å²) >= 11 is 3.15. The maximum absolute atomic E-state index is 12.8. The lowest BCUT2D eigenvalue weighted by Crippen LogP contribution is -2.31. The quantitative estimate of drug-likeness (QED) is 0.445. The fraction of sp³-hybridized carbons (Fsp3) is 0.350. The Morgan fingerprint density at radius 3 is 2.89 bits per heavy atom. The van der Waals surface area contributed by atoms with Crippen LogP contribution in [0.5, 0.6) is 11.5 Å². The molecule has 0 saturated heterocycles. The molecule has 0 bridgehead atoms. The largest absolute Gasteiger partial charge is 0.454 e. The molecule has 1 aliphatic rings. The van der Waals surface area contributed by atoms with Crippen molar-refractivity contribution in [2.24, 2.45) is 0 Å². The number of hydrogen-bond donors (Lipinski definition) is 0. The van der Waals surface area contributed by atoms with E-state index >= 15 is 0 Å². The smallest absolute Gasteiger partial charge is 0.233 e. The van der Waals surface area contributed by atoms with Crippen LogP contribution in [0.2, 0.25) is 0 Å². The van der Waals surface area contributed by atoms with E-state index in [-0.39, 0.29) is 12.7 Å². The summed E-state index contributed by atoms with van der Waals surface area (Å²) in [5, 5.41) is 1.95. The van der Waals surface area contributed by atoms with E-state index in [1.807, 2.05) is 30.0 Å². The summed E-state index contributed by atoms with van der Waals surface area (Å²) < 4.78 is 10.8. The number of ether oxygens (including phenoxy) is 2. The molecule has 1 amide bonds. The first-order valence-electron chi connectivity index (χ1n) is 9.06. The lowest BCUT2D eigenvalue weighted by atomic mass is 10.2. The van der Waals surface area contributed by atoms with Crippen LogP contribution in [0.15, 0.2) is 29.6 Å². The second-order valence-electron chi connectivity index (χ2n) is 6.53. The van der Waals surface area contributed by atoms with Crippen molar-refractivity contribution in [3.63, 3.8) is 0 Å². The second-order valence-corrected chi connectivity index (χ2v) is 8.69. The molecule has 0 radical (unpaired) electrons. The molecule has 4 rings (SSSR count). The Bertz CT molecular complexity index is 1030. The predicted octanol–water partition coefficient (Wildman–Crippen LogP) is 4.18. The maximum Gasteiger partial charge on any atom is 0.233 e. The van der Waals surface area contributed by atoms with Crippen molar-refractivity contribution < 1.29 is 14.3 Å². The number of nitrogens with zero attached hydrogens (tertiary/aromatic N) is 3. The molecule has 2 aromatic heterocycles. The summed E-state index contributed by atoms with van der Waals surface area (Å²) in [6.45, 7) is 7.60. The van der Waals surface area contributed by atoms with E-state index in [1.165, 1.54) is 22.2 Å². The van der Waals surface area contributed by atoms with Gasteiger partial charge in [-0.25, -0.2) is 9.97 Å². The van der Waals surface area contributed by atoms with Crippen LogP contribution in [0.1, 0.15) is 22.9 Å². The minimum atomic E-state index is 0.0848. The number of fused-ring (bicyclic) bond motifs is 2. The van der Waals surface area contributed by atoms with Crippen molar-refractivity contribution in [1.82, 2.24) is 14.9 Å². The van der Waals surface area contributed by atoms with Crippen LogP contribution in [-0.4, -0.2) is 39.9 Å². The fourth-order valence-corrected chi connectivity index (χ4v) is 5.14. The third-order valence-corrected chi connectivity index (χ3v) is 6.90. The van der Waals surface area contributed by atoms with Gasteiger partial charge in [0.2, 0.25) is 12.7 Å². The standard InChI is InChI=1S/C20H21N3O3S2/c1-4-23(8-14-5-6-15-16(7-14)26-11-25-15)17(24)9-27-19-18-12(2)13(3)28-20(18)22-10-21-19/h5-7,10H,4,8-9,11H2,1-3H3. The Kier molecular flexibility index (Phi) is 5.41. The van der Waals surface area contributed by atoms with Gasteiger partial charge in [-0.1, -0.05) is 17.8 Å². The Morgan fingerprint density at radius 2 is 2.07 bits per heavy atom. The van der Waals surface area contributed by atoms with E-state index in [4.69, 9.17) is 9.47 Å². The van der Waals surface area contributed by atoms with Crippen LogP contribution in [0, 0.1) is 13.8 Å². The van der Waals surface area contributed by atoms with Gasteiger partial charge in [0, 0.05) is 23.4 Å². The molecule has 0 spiro atoms. The highest BCUT2D eigenvalue weighted by Crippen LogP contribution is 2.35. The van der Waals surface area contributed by atoms with Crippen molar-refractivity contribution in [1.29, 1.82) is 0 Å². The average molecular weight is 416 g/mol. The highest BCUT2D eigenvalue weighted by molar-refractivity contribution is 8.00. The van der Waals surface area contributed by atoms with Gasteiger partial charge >= 0.3 is 0 Å². The van der Waals surface area contributed by atoms with E-state index < -0.39 is 0 Å². The zero-order valence-corrected chi connectivity index (χ0v) is 17.7. The number of hydrogen-bond acceptors (Lipinski definition) is 7. The first-order chi connectivity index (χ1) is 13.6. The number of benzene rings is 1. The summed E-state index contributed by atoms with van der Waals surface area (Å²) in [6, 6.07) is 5.81. The molecule has 0 N–H and O–H groups in total. The van der Waals surface area contributed by atoms with Gasteiger partial charge in [-0.15, -0.1) is 11.3 Å². The van der Waals surface area contributed by atoms with Gasteiger partial charge in [0.25, 0.3) is 0 Å². The number of thiophene rings is 1. The molecular weight excluding hydrogens is 394 g/mol. The normalized spacial score (nSPS) is 12.5. The number of aryl methyl sites for hydroxylation is 2. The SMILES string of the molecule is CCN(Cc1ccc2c(c1)OCO2)C(=O)CSc1ncnc2sc(C)c(C)c12. The van der Waals surface area contributed by atoms with E-state index in [0.717, 1.165) is 32.3 Å². The molecular formula is C20H21N3O3S2. The summed E-state index contributed by atoms with van der Waals surface area (Å²) in [6.07, 6.45) is 1.58. The number of aromatic nitrogens is 2. The summed E-state index contributed by atoms with van der Waals surface area (Å²) in [5.74, 6) is 1.92. The van der Waals surface area contributed by atoms with Crippen molar-refractivity contribution in [2.75, 3.05) is 19.1 Å². The zero-order chi connectivity index (χ0) is 19.7. The number of rotatable bonds is 6. The highest BCUT2D eigenvalue weighted by Gasteiger charge is 2.18. The van der Waals surface area contributed by atoms with Crippen LogP contribution >= 0.6 is 23.1 Å². The molecule has 0 aliphatic carbocycles. The molecule has 1 aliphatic heterocycles. The van der Waals surface area contributed by atoms with Gasteiger partial charge < -0.3 is 14.4 Å². The van der Waals surface area contributed by atoms with Gasteiger partial charge in [0.15, 0.2) is 11.5 Å². The van der Waals surface area contributed by atoms with Crippen LogP contribution < -0.4 is 9.47 Å². The Labute approximate surface area is 171 Å². The summed E-state index contributed by atoms with van der Waals surface area (Å²) in [7, 11) is 0. The Hall–Kier alpha value is -2.32. The zero-order valence-electron chi connectivity index (χ0n) is 16.0. The van der Waals surface area contributed by atoms with Gasteiger partial charge in [-0.2, -0.15) is 0 Å². The van der Waals surface area contributed by atoms with Crippen LogP contribution in [0.25, 0.3) is 10.2 Å². The highest BCUT2D eigenvalue weighted by atomic mass is 32.2. The predicted molar refractivity (Wildman–Crippen MR) is 111 cm³/mol. The lowest BCUT2D eigenvalue weighted by molar-refractivity contribution is -0.128. The van der Waals surface area contributed by atoms with Gasteiger partial charge in [0.1, 0.15) is 16.2 Å². The molecule has 8 heteroatoms. The molecule has 0 atom stereocenters. The number of thioether (sulfide) groups is 1. The molecule has 1 aromatic carbocycles. The van der Waals surface area contributed by atoms with Gasteiger partial charge in [-0.3, -0.25) is 4.79 Å². The van der Waals surface area contributed by atoms with E-state index in [2.05, 4.69) is 23.8 Å². The molecule has 3 aromatic rings. The molecule has 6 nitrogen and oxygen atoms in total. The van der Waals surface area contributed by atoms with E-state index in [9.17, 15) is 4.79 Å². The van der Waals surface area contributed by atoms with Crippen molar-refractivity contribution >= 4 is 39.2 Å². The fourth-order valence-electron chi connectivity index (χ4n) is 3.12. The first kappa shape index (κ1) is 19.0. The Balaban J connectivity index is 1.45. The van der Waals surface area contributed by atoms with E-state index in [0.29, 0.717) is 18.8 Å². The minimum Gasteiger partial charge on any atom is -0.454 e. The monoisotopic (exact) mass is 415 g/mol. The van der Waals surface area contributed by atoms with Crippen LogP contribution in [-0.2, 0) is 11.3 Å². The number of carbonyl (C=O) groups is 1. The summed E-state index contributed by atoms with van der Waals surface area (Å²) in [4.78, 5) is 25.7. The van der Waals surface area contributed by atoms with Gasteiger partial charge in [0.05, 0.1) is 5.75 Å². The van der Waals surface area contributed by atoms with Gasteiger partial charge in [-0.05, 0) is 44.0 Å². The lowest BCUT2D eigenvalue weighted by Gasteiger charge is -2.21. The van der Waals surface area contributed by atoms with E-state index in [1.54, 1.807) is 17.7 Å². The number of amides is 1. The first-order valence-corrected chi connectivity index (χ1v) is 10.9. The summed E-state index contributed by atoms with van der Waals surface area (Å²) in [5.41, 5.74) is 2.22. The van der Waals surface area contributed by atoms with Crippen molar-refractivity contribution in [3.8, 4) is 11.5 Å². The number of carbonyl (C=O) groups excluding carboxylic acids is 1. The molecule has 0 saturated carbocycles. The van der Waals surface area contributed by atoms with Crippen molar-refractivity contribution in [2.45, 2.75) is 32.3 Å². The topological polar surface area (TPSA) is 64.6 Å².